The molecular weight excluding hydrogens is 164 g/mol. The van der Waals surface area contributed by atoms with Crippen molar-refractivity contribution in [3.8, 4) is 12.3 Å². The van der Waals surface area contributed by atoms with E-state index in [-0.39, 0.29) is 0 Å². The summed E-state index contributed by atoms with van der Waals surface area (Å²) < 4.78 is 10.4. The van der Waals surface area contributed by atoms with Crippen LogP contribution in [0.25, 0.3) is 0 Å². The van der Waals surface area contributed by atoms with Gasteiger partial charge in [-0.25, -0.2) is 0 Å². The number of ether oxygens (including phenoxy) is 2. The molecule has 0 aromatic rings. The van der Waals surface area contributed by atoms with Gasteiger partial charge >= 0.3 is 0 Å². The molecule has 0 unspecified atom stereocenters. The third kappa shape index (κ3) is 11.5. The molecule has 0 saturated carbocycles. The lowest BCUT2D eigenvalue weighted by molar-refractivity contribution is -0.0527. The summed E-state index contributed by atoms with van der Waals surface area (Å²) in [6, 6.07) is 0. The SMILES string of the molecule is C#CCCOCOCCCCCC. The Morgan fingerprint density at radius 1 is 1.08 bits per heavy atom. The van der Waals surface area contributed by atoms with Crippen LogP contribution in [0, 0.1) is 12.3 Å². The van der Waals surface area contributed by atoms with E-state index >= 15 is 0 Å². The van der Waals surface area contributed by atoms with Crippen LogP contribution in [0.3, 0.4) is 0 Å². The van der Waals surface area contributed by atoms with Crippen LogP contribution in [0.1, 0.15) is 39.0 Å². The summed E-state index contributed by atoms with van der Waals surface area (Å²) in [5.41, 5.74) is 0. The average molecular weight is 184 g/mol. The molecule has 0 atom stereocenters. The Labute approximate surface area is 81.6 Å². The minimum Gasteiger partial charge on any atom is -0.355 e. The predicted molar refractivity (Wildman–Crippen MR) is 54.4 cm³/mol. The number of rotatable bonds is 9. The molecular formula is C11H20O2. The molecule has 13 heavy (non-hydrogen) atoms. The first-order valence-electron chi connectivity index (χ1n) is 5.00. The molecule has 0 spiro atoms. The highest BCUT2D eigenvalue weighted by Gasteiger charge is 1.89. The molecule has 0 aliphatic heterocycles. The quantitative estimate of drug-likeness (QED) is 0.311. The number of hydrogen-bond acceptors (Lipinski definition) is 2. The van der Waals surface area contributed by atoms with Crippen LogP contribution in [0.2, 0.25) is 0 Å². The van der Waals surface area contributed by atoms with Crippen molar-refractivity contribution in [2.45, 2.75) is 39.0 Å². The molecule has 0 saturated heterocycles. The van der Waals surface area contributed by atoms with Gasteiger partial charge < -0.3 is 9.47 Å². The van der Waals surface area contributed by atoms with Crippen LogP contribution in [-0.2, 0) is 9.47 Å². The number of hydrogen-bond donors (Lipinski definition) is 0. The molecule has 0 aliphatic carbocycles. The lowest BCUT2D eigenvalue weighted by atomic mass is 10.2. The zero-order valence-corrected chi connectivity index (χ0v) is 8.55. The second-order valence-corrected chi connectivity index (χ2v) is 2.95. The van der Waals surface area contributed by atoms with Crippen LogP contribution >= 0.6 is 0 Å². The van der Waals surface area contributed by atoms with Crippen molar-refractivity contribution < 1.29 is 9.47 Å². The van der Waals surface area contributed by atoms with Gasteiger partial charge in [0.05, 0.1) is 6.61 Å². The standard InChI is InChI=1S/C11H20O2/c1-3-5-7-8-10-13-11-12-9-6-4-2/h2H,3,5-11H2,1H3. The van der Waals surface area contributed by atoms with Gasteiger partial charge in [0, 0.05) is 13.0 Å². The van der Waals surface area contributed by atoms with Gasteiger partial charge in [-0.15, -0.1) is 12.3 Å². The molecule has 0 aromatic heterocycles. The lowest BCUT2D eigenvalue weighted by Gasteiger charge is -2.03. The van der Waals surface area contributed by atoms with Gasteiger partial charge in [-0.1, -0.05) is 26.2 Å². The third-order valence-corrected chi connectivity index (χ3v) is 1.70. The van der Waals surface area contributed by atoms with Gasteiger partial charge in [-0.05, 0) is 6.42 Å². The molecule has 0 fully saturated rings. The summed E-state index contributed by atoms with van der Waals surface area (Å²) in [7, 11) is 0. The van der Waals surface area contributed by atoms with Crippen LogP contribution < -0.4 is 0 Å². The van der Waals surface area contributed by atoms with E-state index in [0.717, 1.165) is 13.0 Å². The fourth-order valence-electron chi connectivity index (χ4n) is 0.939. The second-order valence-electron chi connectivity index (χ2n) is 2.95. The van der Waals surface area contributed by atoms with Crippen LogP contribution in [0.15, 0.2) is 0 Å². The highest BCUT2D eigenvalue weighted by molar-refractivity contribution is 4.82. The Bertz CT molecular complexity index is 127. The van der Waals surface area contributed by atoms with Crippen molar-refractivity contribution in [2.24, 2.45) is 0 Å². The molecule has 76 valence electrons. The first-order chi connectivity index (χ1) is 6.41. The lowest BCUT2D eigenvalue weighted by Crippen LogP contribution is -2.02. The fourth-order valence-corrected chi connectivity index (χ4v) is 0.939. The average Bonchev–Trinajstić information content (AvgIpc) is 2.16. The molecule has 0 aromatic carbocycles. The maximum Gasteiger partial charge on any atom is 0.146 e. The van der Waals surface area contributed by atoms with E-state index in [0.29, 0.717) is 19.8 Å². The van der Waals surface area contributed by atoms with Gasteiger partial charge in [0.25, 0.3) is 0 Å². The van der Waals surface area contributed by atoms with Crippen molar-refractivity contribution in [1.82, 2.24) is 0 Å². The highest BCUT2D eigenvalue weighted by atomic mass is 16.7. The molecule has 0 radical (unpaired) electrons. The molecule has 0 heterocycles. The first kappa shape index (κ1) is 12.5. The first-order valence-corrected chi connectivity index (χ1v) is 5.00. The molecule has 2 nitrogen and oxygen atoms in total. The Morgan fingerprint density at radius 3 is 2.54 bits per heavy atom. The summed E-state index contributed by atoms with van der Waals surface area (Å²) in [5.74, 6) is 2.51. The number of terminal acetylenes is 1. The summed E-state index contributed by atoms with van der Waals surface area (Å²) in [6.45, 7) is 3.99. The van der Waals surface area contributed by atoms with E-state index in [2.05, 4.69) is 12.8 Å². The van der Waals surface area contributed by atoms with Gasteiger partial charge in [0.15, 0.2) is 0 Å². The molecule has 2 heteroatoms. The zero-order valence-electron chi connectivity index (χ0n) is 8.55. The minimum atomic E-state index is 0.383. The summed E-state index contributed by atoms with van der Waals surface area (Å²) in [4.78, 5) is 0. The Kier molecular flexibility index (Phi) is 11.0. The van der Waals surface area contributed by atoms with Gasteiger partial charge in [-0.2, -0.15) is 0 Å². The Hall–Kier alpha value is -0.520. The molecule has 0 N–H and O–H groups in total. The summed E-state index contributed by atoms with van der Waals surface area (Å²) in [6.07, 6.45) is 10.7. The Morgan fingerprint density at radius 2 is 1.85 bits per heavy atom. The largest absolute Gasteiger partial charge is 0.355 e. The van der Waals surface area contributed by atoms with Crippen LogP contribution in [0.4, 0.5) is 0 Å². The predicted octanol–water partition coefficient (Wildman–Crippen LogP) is 2.58. The van der Waals surface area contributed by atoms with Crippen molar-refractivity contribution in [3.05, 3.63) is 0 Å². The number of unbranched alkanes of at least 4 members (excludes halogenated alkanes) is 3. The summed E-state index contributed by atoms with van der Waals surface area (Å²) >= 11 is 0. The topological polar surface area (TPSA) is 18.5 Å². The smallest absolute Gasteiger partial charge is 0.146 e. The molecule has 0 amide bonds. The molecule has 0 aliphatic rings. The zero-order chi connectivity index (χ0) is 9.78. The van der Waals surface area contributed by atoms with Crippen molar-refractivity contribution in [2.75, 3.05) is 20.0 Å². The Balaban J connectivity index is 2.80. The highest BCUT2D eigenvalue weighted by Crippen LogP contribution is 1.98. The van der Waals surface area contributed by atoms with Gasteiger partial charge in [0.1, 0.15) is 6.79 Å². The van der Waals surface area contributed by atoms with E-state index < -0.39 is 0 Å². The van der Waals surface area contributed by atoms with Crippen molar-refractivity contribution >= 4 is 0 Å². The van der Waals surface area contributed by atoms with E-state index in [1.165, 1.54) is 19.3 Å². The van der Waals surface area contributed by atoms with Crippen LogP contribution in [-0.4, -0.2) is 20.0 Å². The minimum absolute atomic E-state index is 0.383. The van der Waals surface area contributed by atoms with Gasteiger partial charge in [0.2, 0.25) is 0 Å². The van der Waals surface area contributed by atoms with Gasteiger partial charge in [-0.3, -0.25) is 0 Å². The maximum absolute atomic E-state index is 5.24. The van der Waals surface area contributed by atoms with Crippen LogP contribution in [0.5, 0.6) is 0 Å². The molecule has 0 bridgehead atoms. The van der Waals surface area contributed by atoms with Crippen molar-refractivity contribution in [3.63, 3.8) is 0 Å². The maximum atomic E-state index is 5.24. The third-order valence-electron chi connectivity index (χ3n) is 1.70. The van der Waals surface area contributed by atoms with E-state index in [1.807, 2.05) is 0 Å². The normalized spacial score (nSPS) is 9.85. The van der Waals surface area contributed by atoms with Crippen molar-refractivity contribution in [1.29, 1.82) is 0 Å². The van der Waals surface area contributed by atoms with E-state index in [9.17, 15) is 0 Å². The van der Waals surface area contributed by atoms with E-state index in [4.69, 9.17) is 15.9 Å². The molecule has 0 rings (SSSR count). The fraction of sp³-hybridized carbons (Fsp3) is 0.818. The monoisotopic (exact) mass is 184 g/mol. The van der Waals surface area contributed by atoms with E-state index in [1.54, 1.807) is 0 Å². The summed E-state index contributed by atoms with van der Waals surface area (Å²) in [5, 5.41) is 0. The second kappa shape index (κ2) is 11.5.